The van der Waals surface area contributed by atoms with Crippen LogP contribution in [0.3, 0.4) is 0 Å². The summed E-state index contributed by atoms with van der Waals surface area (Å²) in [5, 5.41) is 11.4. The fourth-order valence-corrected chi connectivity index (χ4v) is 4.36. The molecule has 0 unspecified atom stereocenters. The molecule has 144 valence electrons. The average Bonchev–Trinajstić information content (AvgIpc) is 2.73. The summed E-state index contributed by atoms with van der Waals surface area (Å²) in [6.07, 6.45) is 2.15. The fourth-order valence-electron chi connectivity index (χ4n) is 3.49. The highest BCUT2D eigenvalue weighted by molar-refractivity contribution is 8.00. The number of rotatable bonds is 4. The molecule has 6 heteroatoms. The number of hydrogen-bond donors (Lipinski definition) is 0. The van der Waals surface area contributed by atoms with Crippen LogP contribution in [0.1, 0.15) is 19.8 Å². The van der Waals surface area contributed by atoms with Crippen molar-refractivity contribution in [2.24, 2.45) is 5.92 Å². The number of amides is 1. The van der Waals surface area contributed by atoms with Crippen LogP contribution in [-0.4, -0.2) is 39.8 Å². The topological polar surface area (TPSA) is 46.1 Å². The van der Waals surface area contributed by atoms with Crippen LogP contribution in [0.15, 0.2) is 53.6 Å². The Hall–Kier alpha value is -2.47. The van der Waals surface area contributed by atoms with E-state index in [0.29, 0.717) is 11.7 Å². The van der Waals surface area contributed by atoms with E-state index in [2.05, 4.69) is 17.1 Å². The highest BCUT2D eigenvalue weighted by Crippen LogP contribution is 2.32. The Labute approximate surface area is 168 Å². The summed E-state index contributed by atoms with van der Waals surface area (Å²) >= 11 is 1.43. The molecule has 4 nitrogen and oxygen atoms in total. The highest BCUT2D eigenvalue weighted by atomic mass is 32.2. The van der Waals surface area contributed by atoms with Crippen molar-refractivity contribution in [3.05, 3.63) is 54.3 Å². The molecule has 1 fully saturated rings. The van der Waals surface area contributed by atoms with Gasteiger partial charge in [-0.15, -0.1) is 10.2 Å². The number of thioether (sulfide) groups is 1. The SMILES string of the molecule is CC1CCN(C(=O)CSc2nnc(-c3ccc(F)cc3)c3ccccc23)CC1. The third-order valence-electron chi connectivity index (χ3n) is 5.24. The quantitative estimate of drug-likeness (QED) is 0.596. The first-order valence-electron chi connectivity index (χ1n) is 9.54. The van der Waals surface area contributed by atoms with Crippen molar-refractivity contribution >= 4 is 28.4 Å². The number of carbonyl (C=O) groups excluding carboxylic acids is 1. The van der Waals surface area contributed by atoms with E-state index in [4.69, 9.17) is 0 Å². The minimum absolute atomic E-state index is 0.158. The molecule has 28 heavy (non-hydrogen) atoms. The van der Waals surface area contributed by atoms with Gasteiger partial charge in [0, 0.05) is 29.4 Å². The van der Waals surface area contributed by atoms with E-state index in [-0.39, 0.29) is 11.7 Å². The third kappa shape index (κ3) is 4.02. The Kier molecular flexibility index (Phi) is 5.57. The van der Waals surface area contributed by atoms with Crippen LogP contribution in [0.2, 0.25) is 0 Å². The van der Waals surface area contributed by atoms with Crippen LogP contribution in [0.25, 0.3) is 22.0 Å². The number of fused-ring (bicyclic) bond motifs is 1. The molecule has 0 aliphatic carbocycles. The van der Waals surface area contributed by atoms with Crippen LogP contribution in [0.5, 0.6) is 0 Å². The van der Waals surface area contributed by atoms with Crippen LogP contribution >= 0.6 is 11.8 Å². The van der Waals surface area contributed by atoms with Crippen molar-refractivity contribution in [1.29, 1.82) is 0 Å². The van der Waals surface area contributed by atoms with Crippen molar-refractivity contribution in [1.82, 2.24) is 15.1 Å². The number of likely N-dealkylation sites (tertiary alicyclic amines) is 1. The van der Waals surface area contributed by atoms with E-state index in [0.717, 1.165) is 53.0 Å². The van der Waals surface area contributed by atoms with E-state index in [1.54, 1.807) is 12.1 Å². The van der Waals surface area contributed by atoms with Gasteiger partial charge in [0.2, 0.25) is 5.91 Å². The van der Waals surface area contributed by atoms with Crippen LogP contribution in [0.4, 0.5) is 4.39 Å². The summed E-state index contributed by atoms with van der Waals surface area (Å²) in [6.45, 7) is 3.92. The normalized spacial score (nSPS) is 15.1. The van der Waals surface area contributed by atoms with E-state index >= 15 is 0 Å². The number of nitrogens with zero attached hydrogens (tertiary/aromatic N) is 3. The van der Waals surface area contributed by atoms with Gasteiger partial charge < -0.3 is 4.90 Å². The Morgan fingerprint density at radius 2 is 1.75 bits per heavy atom. The molecule has 1 saturated heterocycles. The second-order valence-electron chi connectivity index (χ2n) is 7.26. The summed E-state index contributed by atoms with van der Waals surface area (Å²) in [6, 6.07) is 14.1. The van der Waals surface area contributed by atoms with Gasteiger partial charge in [-0.3, -0.25) is 4.79 Å². The lowest BCUT2D eigenvalue weighted by Crippen LogP contribution is -2.38. The van der Waals surface area contributed by atoms with Gasteiger partial charge in [0.1, 0.15) is 16.5 Å². The maximum atomic E-state index is 13.3. The molecule has 0 bridgehead atoms. The summed E-state index contributed by atoms with van der Waals surface area (Å²) < 4.78 is 13.3. The molecule has 1 aliphatic heterocycles. The van der Waals surface area contributed by atoms with E-state index in [9.17, 15) is 9.18 Å². The molecule has 0 saturated carbocycles. The maximum absolute atomic E-state index is 13.3. The molecular weight excluding hydrogens is 373 g/mol. The minimum Gasteiger partial charge on any atom is -0.342 e. The van der Waals surface area contributed by atoms with Gasteiger partial charge in [-0.1, -0.05) is 43.0 Å². The van der Waals surface area contributed by atoms with Crippen molar-refractivity contribution in [3.8, 4) is 11.3 Å². The molecule has 0 N–H and O–H groups in total. The first-order valence-corrected chi connectivity index (χ1v) is 10.5. The largest absolute Gasteiger partial charge is 0.342 e. The van der Waals surface area contributed by atoms with Gasteiger partial charge >= 0.3 is 0 Å². The number of carbonyl (C=O) groups is 1. The number of halogens is 1. The molecule has 4 rings (SSSR count). The molecule has 0 radical (unpaired) electrons. The first-order chi connectivity index (χ1) is 13.6. The van der Waals surface area contributed by atoms with Crippen molar-refractivity contribution in [3.63, 3.8) is 0 Å². The Bertz CT molecular complexity index is 985. The molecule has 3 aromatic rings. The molecule has 2 heterocycles. The average molecular weight is 396 g/mol. The van der Waals surface area contributed by atoms with E-state index in [1.807, 2.05) is 29.2 Å². The summed E-state index contributed by atoms with van der Waals surface area (Å²) in [4.78, 5) is 14.5. The molecule has 1 amide bonds. The third-order valence-corrected chi connectivity index (χ3v) is 6.21. The smallest absolute Gasteiger partial charge is 0.232 e. The summed E-state index contributed by atoms with van der Waals surface area (Å²) in [7, 11) is 0. The van der Waals surface area contributed by atoms with Crippen LogP contribution < -0.4 is 0 Å². The van der Waals surface area contributed by atoms with Crippen molar-refractivity contribution in [2.45, 2.75) is 24.8 Å². The van der Waals surface area contributed by atoms with Crippen LogP contribution in [0, 0.1) is 11.7 Å². The monoisotopic (exact) mass is 395 g/mol. The molecule has 2 aromatic carbocycles. The Morgan fingerprint density at radius 3 is 2.46 bits per heavy atom. The molecule has 1 aromatic heterocycles. The van der Waals surface area contributed by atoms with Gasteiger partial charge in [0.05, 0.1) is 5.75 Å². The fraction of sp³-hybridized carbons (Fsp3) is 0.318. The second kappa shape index (κ2) is 8.27. The molecule has 0 spiro atoms. The van der Waals surface area contributed by atoms with Gasteiger partial charge in [0.25, 0.3) is 0 Å². The lowest BCUT2D eigenvalue weighted by Gasteiger charge is -2.30. The van der Waals surface area contributed by atoms with Gasteiger partial charge in [-0.25, -0.2) is 4.39 Å². The van der Waals surface area contributed by atoms with Gasteiger partial charge in [0.15, 0.2) is 0 Å². The van der Waals surface area contributed by atoms with Gasteiger partial charge in [-0.2, -0.15) is 0 Å². The number of aromatic nitrogens is 2. The zero-order valence-electron chi connectivity index (χ0n) is 15.8. The number of piperidine rings is 1. The number of benzene rings is 2. The Balaban J connectivity index is 1.56. The standard InChI is InChI=1S/C22H22FN3OS/c1-15-10-12-26(13-11-15)20(27)14-28-22-19-5-3-2-4-18(19)21(24-25-22)16-6-8-17(23)9-7-16/h2-9,15H,10-14H2,1H3. The van der Waals surface area contributed by atoms with E-state index in [1.165, 1.54) is 23.9 Å². The van der Waals surface area contributed by atoms with Gasteiger partial charge in [-0.05, 0) is 43.0 Å². The summed E-state index contributed by atoms with van der Waals surface area (Å²) in [5.41, 5.74) is 1.54. The first kappa shape index (κ1) is 18.9. The summed E-state index contributed by atoms with van der Waals surface area (Å²) in [5.74, 6) is 0.942. The second-order valence-corrected chi connectivity index (χ2v) is 8.22. The molecular formula is C22H22FN3OS. The Morgan fingerprint density at radius 1 is 1.07 bits per heavy atom. The van der Waals surface area contributed by atoms with E-state index < -0.39 is 0 Å². The minimum atomic E-state index is -0.279. The predicted molar refractivity (Wildman–Crippen MR) is 111 cm³/mol. The zero-order chi connectivity index (χ0) is 19.5. The van der Waals surface area contributed by atoms with Crippen molar-refractivity contribution < 1.29 is 9.18 Å². The highest BCUT2D eigenvalue weighted by Gasteiger charge is 2.21. The zero-order valence-corrected chi connectivity index (χ0v) is 16.6. The predicted octanol–water partition coefficient (Wildman–Crippen LogP) is 4.79. The lowest BCUT2D eigenvalue weighted by atomic mass is 9.99. The molecule has 0 atom stereocenters. The maximum Gasteiger partial charge on any atom is 0.232 e. The number of hydrogen-bond acceptors (Lipinski definition) is 4. The molecule has 1 aliphatic rings. The lowest BCUT2D eigenvalue weighted by molar-refractivity contribution is -0.129. The van der Waals surface area contributed by atoms with Crippen LogP contribution in [-0.2, 0) is 4.79 Å². The van der Waals surface area contributed by atoms with Crippen molar-refractivity contribution in [2.75, 3.05) is 18.8 Å².